The summed E-state index contributed by atoms with van der Waals surface area (Å²) >= 11 is 0. The molecule has 1 aliphatic carbocycles. The van der Waals surface area contributed by atoms with E-state index < -0.39 is 29.9 Å². The van der Waals surface area contributed by atoms with Gasteiger partial charge >= 0.3 is 5.97 Å². The Balaban J connectivity index is 1.31. The van der Waals surface area contributed by atoms with Crippen molar-refractivity contribution < 1.29 is 33.9 Å². The Morgan fingerprint density at radius 1 is 1.06 bits per heavy atom. The highest BCUT2D eigenvalue weighted by Crippen LogP contribution is 2.60. The molecule has 2 bridgehead atoms. The monoisotopic (exact) mass is 454 g/mol. The number of esters is 1. The molecule has 1 saturated carbocycles. The van der Waals surface area contributed by atoms with Gasteiger partial charge in [0.2, 0.25) is 12.1 Å². The van der Waals surface area contributed by atoms with Crippen LogP contribution in [0.15, 0.2) is 36.4 Å². The number of ether oxygens (including phenoxy) is 3. The van der Waals surface area contributed by atoms with Gasteiger partial charge in [0.15, 0.2) is 11.9 Å². The van der Waals surface area contributed by atoms with Crippen molar-refractivity contribution in [3.8, 4) is 5.75 Å². The molecule has 7 heteroatoms. The maximum atomic E-state index is 13.1. The summed E-state index contributed by atoms with van der Waals surface area (Å²) < 4.78 is 18.5. The summed E-state index contributed by atoms with van der Waals surface area (Å²) in [6.07, 6.45) is 2.15. The second-order valence-corrected chi connectivity index (χ2v) is 10.4. The summed E-state index contributed by atoms with van der Waals surface area (Å²) in [6, 6.07) is 10.8. The van der Waals surface area contributed by atoms with Crippen molar-refractivity contribution in [2.75, 3.05) is 0 Å². The summed E-state index contributed by atoms with van der Waals surface area (Å²) in [5.41, 5.74) is -0.587. The molecule has 4 aliphatic heterocycles. The zero-order valence-electron chi connectivity index (χ0n) is 19.2. The Kier molecular flexibility index (Phi) is 4.79. The van der Waals surface area contributed by atoms with Crippen LogP contribution in [0.1, 0.15) is 56.8 Å². The van der Waals surface area contributed by atoms with Gasteiger partial charge in [0.25, 0.3) is 0 Å². The molecule has 0 aromatic heterocycles. The van der Waals surface area contributed by atoms with E-state index in [-0.39, 0.29) is 29.1 Å². The fraction of sp³-hybridized carbons (Fsp3) is 0.577. The first-order valence-corrected chi connectivity index (χ1v) is 11.9. The molecule has 4 heterocycles. The molecule has 33 heavy (non-hydrogen) atoms. The Morgan fingerprint density at radius 3 is 2.61 bits per heavy atom. The molecule has 5 fully saturated rings. The van der Waals surface area contributed by atoms with Crippen molar-refractivity contribution in [3.63, 3.8) is 0 Å². The van der Waals surface area contributed by atoms with E-state index in [4.69, 9.17) is 24.0 Å². The molecule has 1 spiro atoms. The lowest BCUT2D eigenvalue weighted by Gasteiger charge is -2.59. The lowest BCUT2D eigenvalue weighted by Crippen LogP contribution is -2.70. The standard InChI is InChI=1S/C26H30O7/c1-14-8-9-20-15(2)23(30-24-26(20)19(14)10-11-25(3,31-24)32-33-26)29-22(28)18-12-16-6-4-5-7-17(16)13-21(18)27/h4-7,12-15,19-20,23-24,27H,8-11H2,1-3H3/t14-,15-,19+,20+,23+,24-,25+,26-/m1/s1. The second-order valence-electron chi connectivity index (χ2n) is 10.4. The average molecular weight is 455 g/mol. The zero-order valence-corrected chi connectivity index (χ0v) is 19.2. The normalized spacial score (nSPS) is 41.9. The van der Waals surface area contributed by atoms with Gasteiger partial charge in [-0.1, -0.05) is 38.1 Å². The van der Waals surface area contributed by atoms with Crippen LogP contribution in [-0.2, 0) is 24.0 Å². The Labute approximate surface area is 192 Å². The van der Waals surface area contributed by atoms with Gasteiger partial charge in [0.05, 0.1) is 0 Å². The van der Waals surface area contributed by atoms with Gasteiger partial charge in [-0.3, -0.25) is 0 Å². The fourth-order valence-corrected chi connectivity index (χ4v) is 6.57. The number of benzene rings is 2. The molecule has 8 atom stereocenters. The van der Waals surface area contributed by atoms with E-state index in [2.05, 4.69) is 6.92 Å². The SMILES string of the molecule is C[C@H]1[C@@H](OC(=O)c2cc3ccccc3cc2O)O[C@@H]2O[C@]3(C)CC[C@H]4[C@H](C)CC[C@@H]1[C@@]24OO3. The number of aromatic hydroxyl groups is 1. The number of carbonyl (C=O) groups is 1. The van der Waals surface area contributed by atoms with E-state index in [1.165, 1.54) is 0 Å². The van der Waals surface area contributed by atoms with Crippen LogP contribution >= 0.6 is 0 Å². The average Bonchev–Trinajstić information content (AvgIpc) is 3.02. The molecule has 0 amide bonds. The minimum atomic E-state index is -0.886. The van der Waals surface area contributed by atoms with Crippen molar-refractivity contribution in [2.24, 2.45) is 23.7 Å². The van der Waals surface area contributed by atoms with Crippen LogP contribution in [0, 0.1) is 23.7 Å². The van der Waals surface area contributed by atoms with Crippen LogP contribution in [0.4, 0.5) is 0 Å². The third-order valence-corrected chi connectivity index (χ3v) is 8.40. The molecular weight excluding hydrogens is 424 g/mol. The van der Waals surface area contributed by atoms with E-state index in [1.54, 1.807) is 12.1 Å². The number of phenols is 1. The van der Waals surface area contributed by atoms with Crippen LogP contribution in [0.5, 0.6) is 5.75 Å². The molecule has 5 aliphatic rings. The Hall–Kier alpha value is -2.19. The minimum absolute atomic E-state index is 0.0584. The zero-order chi connectivity index (χ0) is 23.0. The summed E-state index contributed by atoms with van der Waals surface area (Å²) in [6.45, 7) is 6.16. The molecule has 7 nitrogen and oxygen atoms in total. The second kappa shape index (κ2) is 7.40. The number of fused-ring (bicyclic) bond motifs is 3. The highest BCUT2D eigenvalue weighted by atomic mass is 17.3. The van der Waals surface area contributed by atoms with Crippen LogP contribution in [-0.4, -0.2) is 35.0 Å². The first-order valence-electron chi connectivity index (χ1n) is 11.9. The van der Waals surface area contributed by atoms with Gasteiger partial charge in [0, 0.05) is 18.3 Å². The van der Waals surface area contributed by atoms with Gasteiger partial charge in [-0.15, -0.1) is 0 Å². The molecule has 2 aromatic carbocycles. The highest BCUT2D eigenvalue weighted by Gasteiger charge is 2.69. The van der Waals surface area contributed by atoms with Crippen LogP contribution in [0.25, 0.3) is 10.8 Å². The van der Waals surface area contributed by atoms with Gasteiger partial charge in [-0.2, -0.15) is 0 Å². The molecule has 4 saturated heterocycles. The number of hydrogen-bond donors (Lipinski definition) is 1. The number of carbonyl (C=O) groups excluding carboxylic acids is 1. The fourth-order valence-electron chi connectivity index (χ4n) is 6.57. The van der Waals surface area contributed by atoms with Gasteiger partial charge in [-0.05, 0) is 60.9 Å². The third-order valence-electron chi connectivity index (χ3n) is 8.40. The van der Waals surface area contributed by atoms with E-state index in [9.17, 15) is 9.90 Å². The van der Waals surface area contributed by atoms with Crippen molar-refractivity contribution in [1.29, 1.82) is 0 Å². The van der Waals surface area contributed by atoms with Gasteiger partial charge in [-0.25, -0.2) is 14.6 Å². The minimum Gasteiger partial charge on any atom is -0.507 e. The van der Waals surface area contributed by atoms with Crippen LogP contribution in [0.2, 0.25) is 0 Å². The molecular formula is C26H30O7. The van der Waals surface area contributed by atoms with Crippen LogP contribution < -0.4 is 0 Å². The predicted molar refractivity (Wildman–Crippen MR) is 118 cm³/mol. The van der Waals surface area contributed by atoms with E-state index >= 15 is 0 Å². The smallest absolute Gasteiger partial charge is 0.344 e. The highest BCUT2D eigenvalue weighted by molar-refractivity contribution is 5.98. The number of rotatable bonds is 2. The van der Waals surface area contributed by atoms with Crippen molar-refractivity contribution >= 4 is 16.7 Å². The van der Waals surface area contributed by atoms with Crippen molar-refractivity contribution in [1.82, 2.24) is 0 Å². The summed E-state index contributed by atoms with van der Waals surface area (Å²) in [7, 11) is 0. The third kappa shape index (κ3) is 3.13. The maximum absolute atomic E-state index is 13.1. The van der Waals surface area contributed by atoms with E-state index in [0.29, 0.717) is 5.92 Å². The van der Waals surface area contributed by atoms with Gasteiger partial charge < -0.3 is 19.3 Å². The first kappa shape index (κ1) is 21.4. The Morgan fingerprint density at radius 2 is 1.82 bits per heavy atom. The lowest BCUT2D eigenvalue weighted by molar-refractivity contribution is -0.576. The molecule has 1 N–H and O–H groups in total. The Bertz CT molecular complexity index is 1100. The first-order chi connectivity index (χ1) is 15.8. The molecule has 0 unspecified atom stereocenters. The summed E-state index contributed by atoms with van der Waals surface area (Å²) in [5.74, 6) is -0.979. The van der Waals surface area contributed by atoms with E-state index in [1.807, 2.05) is 38.1 Å². The van der Waals surface area contributed by atoms with Crippen LogP contribution in [0.3, 0.4) is 0 Å². The molecule has 7 rings (SSSR count). The largest absolute Gasteiger partial charge is 0.507 e. The lowest BCUT2D eigenvalue weighted by atomic mass is 9.58. The summed E-state index contributed by atoms with van der Waals surface area (Å²) in [5, 5.41) is 12.2. The molecule has 176 valence electrons. The van der Waals surface area contributed by atoms with Crippen molar-refractivity contribution in [2.45, 2.75) is 70.4 Å². The van der Waals surface area contributed by atoms with Gasteiger partial charge in [0.1, 0.15) is 11.3 Å². The van der Waals surface area contributed by atoms with E-state index in [0.717, 1.165) is 36.5 Å². The molecule has 0 radical (unpaired) electrons. The predicted octanol–water partition coefficient (Wildman–Crippen LogP) is 4.91. The maximum Gasteiger partial charge on any atom is 0.344 e. The number of hydrogen-bond acceptors (Lipinski definition) is 7. The summed E-state index contributed by atoms with van der Waals surface area (Å²) in [4.78, 5) is 25.1. The van der Waals surface area contributed by atoms with Crippen molar-refractivity contribution in [3.05, 3.63) is 42.0 Å². The molecule has 2 aromatic rings. The number of phenolic OH excluding ortho intramolecular Hbond substituents is 1. The quantitative estimate of drug-likeness (QED) is 0.510. The topological polar surface area (TPSA) is 83.5 Å².